The molecule has 0 saturated carbocycles. The molecule has 3 aromatic rings. The molecule has 0 saturated heterocycles. The molecule has 0 bridgehead atoms. The molecule has 0 aliphatic carbocycles. The summed E-state index contributed by atoms with van der Waals surface area (Å²) in [7, 11) is 3.95. The summed E-state index contributed by atoms with van der Waals surface area (Å²) in [6.45, 7) is 0.657. The van der Waals surface area contributed by atoms with Crippen molar-refractivity contribution < 1.29 is 0 Å². The highest BCUT2D eigenvalue weighted by molar-refractivity contribution is 6.34. The minimum atomic E-state index is 0.426. The number of halogens is 1. The van der Waals surface area contributed by atoms with Crippen LogP contribution in [0.25, 0.3) is 10.8 Å². The third kappa shape index (κ3) is 2.20. The molecule has 2 aromatic heterocycles. The van der Waals surface area contributed by atoms with Crippen LogP contribution in [0.2, 0.25) is 5.15 Å². The van der Waals surface area contributed by atoms with Gasteiger partial charge in [-0.3, -0.25) is 0 Å². The van der Waals surface area contributed by atoms with Crippen molar-refractivity contribution in [1.29, 1.82) is 0 Å². The summed E-state index contributed by atoms with van der Waals surface area (Å²) in [4.78, 5) is 6.35. The van der Waals surface area contributed by atoms with E-state index in [1.807, 2.05) is 54.0 Å². The van der Waals surface area contributed by atoms with Crippen molar-refractivity contribution in [2.75, 3.05) is 11.9 Å². The van der Waals surface area contributed by atoms with Crippen LogP contribution in [0.3, 0.4) is 0 Å². The maximum absolute atomic E-state index is 6.09. The van der Waals surface area contributed by atoms with Crippen molar-refractivity contribution in [1.82, 2.24) is 19.7 Å². The number of hydrogen-bond donors (Lipinski definition) is 0. The molecule has 0 fully saturated rings. The highest BCUT2D eigenvalue weighted by atomic mass is 35.5. The zero-order valence-corrected chi connectivity index (χ0v) is 12.0. The summed E-state index contributed by atoms with van der Waals surface area (Å²) in [5.74, 6) is 1.77. The van der Waals surface area contributed by atoms with E-state index in [4.69, 9.17) is 11.6 Å². The minimum absolute atomic E-state index is 0.426. The Kier molecular flexibility index (Phi) is 3.28. The highest BCUT2D eigenvalue weighted by Crippen LogP contribution is 2.27. The number of anilines is 1. The Morgan fingerprint density at radius 3 is 2.65 bits per heavy atom. The molecule has 0 aliphatic heterocycles. The highest BCUT2D eigenvalue weighted by Gasteiger charge is 2.13. The van der Waals surface area contributed by atoms with Gasteiger partial charge in [-0.05, 0) is 0 Å². The second kappa shape index (κ2) is 5.09. The number of aryl methyl sites for hydroxylation is 1. The monoisotopic (exact) mass is 287 g/mol. The lowest BCUT2D eigenvalue weighted by Crippen LogP contribution is -2.20. The van der Waals surface area contributed by atoms with Crippen LogP contribution < -0.4 is 4.90 Å². The van der Waals surface area contributed by atoms with Crippen LogP contribution in [-0.4, -0.2) is 26.8 Å². The third-order valence-electron chi connectivity index (χ3n) is 3.28. The molecular formula is C14H14ClN5. The first-order valence-electron chi connectivity index (χ1n) is 6.25. The molecule has 102 valence electrons. The fourth-order valence-corrected chi connectivity index (χ4v) is 2.38. The van der Waals surface area contributed by atoms with Gasteiger partial charge in [0.2, 0.25) is 0 Å². The van der Waals surface area contributed by atoms with Gasteiger partial charge < -0.3 is 9.47 Å². The van der Waals surface area contributed by atoms with Crippen LogP contribution in [0, 0.1) is 0 Å². The second-order valence-electron chi connectivity index (χ2n) is 4.67. The van der Waals surface area contributed by atoms with E-state index in [0.29, 0.717) is 11.7 Å². The van der Waals surface area contributed by atoms with Gasteiger partial charge in [-0.15, -0.1) is 10.2 Å². The van der Waals surface area contributed by atoms with Crippen molar-refractivity contribution in [2.45, 2.75) is 6.54 Å². The summed E-state index contributed by atoms with van der Waals surface area (Å²) in [5.41, 5.74) is 0. The quantitative estimate of drug-likeness (QED) is 0.743. The summed E-state index contributed by atoms with van der Waals surface area (Å²) in [6.07, 6.45) is 3.71. The molecule has 1 aromatic carbocycles. The molecule has 0 aliphatic rings. The van der Waals surface area contributed by atoms with E-state index in [1.54, 1.807) is 6.20 Å². The predicted octanol–water partition coefficient (Wildman–Crippen LogP) is 2.65. The average molecular weight is 288 g/mol. The van der Waals surface area contributed by atoms with E-state index < -0.39 is 0 Å². The fourth-order valence-electron chi connectivity index (χ4n) is 2.17. The number of aromatic nitrogens is 4. The van der Waals surface area contributed by atoms with Crippen LogP contribution in [0.4, 0.5) is 5.82 Å². The van der Waals surface area contributed by atoms with Crippen LogP contribution >= 0.6 is 11.6 Å². The van der Waals surface area contributed by atoms with Crippen molar-refractivity contribution in [3.63, 3.8) is 0 Å². The number of imidazole rings is 1. The number of nitrogens with zero attached hydrogens (tertiary/aromatic N) is 5. The molecule has 0 amide bonds. The molecule has 0 unspecified atom stereocenters. The topological polar surface area (TPSA) is 46.8 Å². The maximum atomic E-state index is 6.09. The van der Waals surface area contributed by atoms with Crippen molar-refractivity contribution in [3.05, 3.63) is 47.6 Å². The third-order valence-corrected chi connectivity index (χ3v) is 3.56. The van der Waals surface area contributed by atoms with Gasteiger partial charge in [0.05, 0.1) is 6.54 Å². The van der Waals surface area contributed by atoms with E-state index in [9.17, 15) is 0 Å². The van der Waals surface area contributed by atoms with E-state index in [1.165, 1.54) is 0 Å². The van der Waals surface area contributed by atoms with Crippen molar-refractivity contribution >= 4 is 28.2 Å². The van der Waals surface area contributed by atoms with Gasteiger partial charge in [-0.2, -0.15) is 0 Å². The number of rotatable bonds is 3. The predicted molar refractivity (Wildman–Crippen MR) is 79.9 cm³/mol. The molecular weight excluding hydrogens is 274 g/mol. The van der Waals surface area contributed by atoms with Gasteiger partial charge >= 0.3 is 0 Å². The van der Waals surface area contributed by atoms with Crippen LogP contribution in [0.1, 0.15) is 5.82 Å². The van der Waals surface area contributed by atoms with Gasteiger partial charge in [0, 0.05) is 37.3 Å². The Bertz CT molecular complexity index is 752. The molecule has 0 atom stereocenters. The van der Waals surface area contributed by atoms with E-state index >= 15 is 0 Å². The lowest BCUT2D eigenvalue weighted by atomic mass is 10.2. The Hall–Kier alpha value is -2.14. The summed E-state index contributed by atoms with van der Waals surface area (Å²) < 4.78 is 1.99. The molecule has 6 heteroatoms. The molecule has 0 radical (unpaired) electrons. The standard InChI is InChI=1S/C14H14ClN5/c1-19-8-7-16-12(19)9-20(2)14-11-6-4-3-5-10(11)13(15)17-18-14/h3-8H,9H2,1-2H3. The first-order valence-corrected chi connectivity index (χ1v) is 6.63. The Balaban J connectivity index is 2.02. The summed E-state index contributed by atoms with van der Waals surface area (Å²) in [6, 6.07) is 7.86. The van der Waals surface area contributed by atoms with Gasteiger partial charge in [-0.25, -0.2) is 4.98 Å². The summed E-state index contributed by atoms with van der Waals surface area (Å²) in [5, 5.41) is 10.6. The van der Waals surface area contributed by atoms with E-state index in [-0.39, 0.29) is 0 Å². The summed E-state index contributed by atoms with van der Waals surface area (Å²) >= 11 is 6.09. The Morgan fingerprint density at radius 1 is 1.20 bits per heavy atom. The van der Waals surface area contributed by atoms with Crippen molar-refractivity contribution in [3.8, 4) is 0 Å². The molecule has 3 rings (SSSR count). The first-order chi connectivity index (χ1) is 9.66. The molecule has 20 heavy (non-hydrogen) atoms. The normalized spacial score (nSPS) is 10.9. The number of benzene rings is 1. The zero-order chi connectivity index (χ0) is 14.1. The Labute approximate surface area is 121 Å². The van der Waals surface area contributed by atoms with Crippen LogP contribution in [0.5, 0.6) is 0 Å². The molecule has 0 N–H and O–H groups in total. The molecule has 5 nitrogen and oxygen atoms in total. The van der Waals surface area contributed by atoms with E-state index in [0.717, 1.165) is 22.4 Å². The fraction of sp³-hybridized carbons (Fsp3) is 0.214. The van der Waals surface area contributed by atoms with Gasteiger partial charge in [0.15, 0.2) is 11.0 Å². The van der Waals surface area contributed by atoms with Crippen LogP contribution in [0.15, 0.2) is 36.7 Å². The maximum Gasteiger partial charge on any atom is 0.159 e. The zero-order valence-electron chi connectivity index (χ0n) is 11.3. The van der Waals surface area contributed by atoms with Crippen LogP contribution in [-0.2, 0) is 13.6 Å². The van der Waals surface area contributed by atoms with Gasteiger partial charge in [0.25, 0.3) is 0 Å². The molecule has 2 heterocycles. The molecule has 0 spiro atoms. The lowest BCUT2D eigenvalue weighted by molar-refractivity contribution is 0.752. The van der Waals surface area contributed by atoms with Crippen molar-refractivity contribution in [2.24, 2.45) is 7.05 Å². The van der Waals surface area contributed by atoms with Gasteiger partial charge in [-0.1, -0.05) is 35.9 Å². The number of hydrogen-bond acceptors (Lipinski definition) is 4. The second-order valence-corrected chi connectivity index (χ2v) is 5.03. The SMILES string of the molecule is CN(Cc1nccn1C)c1nnc(Cl)c2ccccc12. The largest absolute Gasteiger partial charge is 0.350 e. The van der Waals surface area contributed by atoms with Gasteiger partial charge in [0.1, 0.15) is 5.82 Å². The lowest BCUT2D eigenvalue weighted by Gasteiger charge is -2.19. The smallest absolute Gasteiger partial charge is 0.159 e. The average Bonchev–Trinajstić information content (AvgIpc) is 2.85. The van der Waals surface area contributed by atoms with E-state index in [2.05, 4.69) is 15.2 Å². The Morgan fingerprint density at radius 2 is 1.95 bits per heavy atom. The number of fused-ring (bicyclic) bond motifs is 1. The first kappa shape index (κ1) is 12.9. The minimum Gasteiger partial charge on any atom is -0.350 e.